The molecule has 0 radical (unpaired) electrons. The topological polar surface area (TPSA) is 55.6 Å². The highest BCUT2D eigenvalue weighted by molar-refractivity contribution is 5.82. The monoisotopic (exact) mass is 310 g/mol. The van der Waals surface area contributed by atoms with E-state index in [0.29, 0.717) is 12.2 Å². The third kappa shape index (κ3) is 4.69. The van der Waals surface area contributed by atoms with Crippen LogP contribution in [0.1, 0.15) is 66.2 Å². The van der Waals surface area contributed by atoms with Gasteiger partial charge in [-0.1, -0.05) is 27.7 Å². The van der Waals surface area contributed by atoms with Gasteiger partial charge in [0.15, 0.2) is 0 Å². The molecule has 0 spiro atoms. The fourth-order valence-corrected chi connectivity index (χ4v) is 3.42. The largest absolute Gasteiger partial charge is 0.375 e. The molecule has 1 heterocycles. The van der Waals surface area contributed by atoms with Crippen molar-refractivity contribution in [3.63, 3.8) is 0 Å². The normalized spacial score (nSPS) is 29.4. The molecule has 0 unspecified atom stereocenters. The summed E-state index contributed by atoms with van der Waals surface area (Å²) in [6.45, 7) is 9.98. The first-order chi connectivity index (χ1) is 10.3. The fraction of sp³-hybridized carbons (Fsp3) is 0.944. The second-order valence-electron chi connectivity index (χ2n) is 8.39. The summed E-state index contributed by atoms with van der Waals surface area (Å²) < 4.78 is 6.27. The van der Waals surface area contributed by atoms with Crippen LogP contribution in [0, 0.1) is 11.3 Å². The van der Waals surface area contributed by atoms with Crippen molar-refractivity contribution in [1.29, 1.82) is 0 Å². The molecule has 1 aliphatic heterocycles. The molecule has 1 aliphatic carbocycles. The second kappa shape index (κ2) is 7.31. The van der Waals surface area contributed by atoms with Crippen molar-refractivity contribution in [2.24, 2.45) is 17.1 Å². The van der Waals surface area contributed by atoms with Crippen LogP contribution < -0.4 is 5.73 Å². The van der Waals surface area contributed by atoms with Crippen LogP contribution in [0.15, 0.2) is 0 Å². The molecule has 2 fully saturated rings. The highest BCUT2D eigenvalue weighted by Gasteiger charge is 2.33. The molecule has 22 heavy (non-hydrogen) atoms. The highest BCUT2D eigenvalue weighted by Crippen LogP contribution is 2.28. The molecule has 1 saturated carbocycles. The van der Waals surface area contributed by atoms with Crippen molar-refractivity contribution in [1.82, 2.24) is 4.90 Å². The summed E-state index contributed by atoms with van der Waals surface area (Å²) >= 11 is 0. The lowest BCUT2D eigenvalue weighted by molar-refractivity contribution is -0.138. The van der Waals surface area contributed by atoms with Gasteiger partial charge in [-0.05, 0) is 49.9 Å². The van der Waals surface area contributed by atoms with Crippen molar-refractivity contribution < 1.29 is 9.53 Å². The summed E-state index contributed by atoms with van der Waals surface area (Å²) in [6.07, 6.45) is 7.67. The van der Waals surface area contributed by atoms with Gasteiger partial charge in [0, 0.05) is 13.1 Å². The lowest BCUT2D eigenvalue weighted by Crippen LogP contribution is -2.53. The molecular formula is C18H34N2O2. The molecule has 2 aliphatic rings. The predicted molar refractivity (Wildman–Crippen MR) is 89.5 cm³/mol. The van der Waals surface area contributed by atoms with Crippen molar-refractivity contribution in [3.8, 4) is 0 Å². The summed E-state index contributed by atoms with van der Waals surface area (Å²) in [7, 11) is 0. The van der Waals surface area contributed by atoms with Gasteiger partial charge < -0.3 is 15.4 Å². The van der Waals surface area contributed by atoms with Crippen LogP contribution in [0.3, 0.4) is 0 Å². The van der Waals surface area contributed by atoms with E-state index in [1.807, 2.05) is 25.7 Å². The van der Waals surface area contributed by atoms with E-state index in [4.69, 9.17) is 10.5 Å². The minimum absolute atomic E-state index is 0.0949. The van der Waals surface area contributed by atoms with Gasteiger partial charge in [-0.25, -0.2) is 0 Å². The molecule has 4 heteroatoms. The molecule has 1 atom stereocenters. The quantitative estimate of drug-likeness (QED) is 0.872. The van der Waals surface area contributed by atoms with Crippen molar-refractivity contribution in [2.75, 3.05) is 13.1 Å². The third-order valence-electron chi connectivity index (χ3n) is 5.30. The number of hydrogen-bond donors (Lipinski definition) is 1. The molecule has 2 rings (SSSR count). The Morgan fingerprint density at radius 1 is 1.05 bits per heavy atom. The molecule has 0 aromatic heterocycles. The lowest BCUT2D eigenvalue weighted by Gasteiger charge is -2.38. The summed E-state index contributed by atoms with van der Waals surface area (Å²) in [5.41, 5.74) is 5.92. The van der Waals surface area contributed by atoms with E-state index in [2.05, 4.69) is 6.92 Å². The SMILES string of the molecule is CC1CCC(OC2CCN(C(=O)[C@@H](N)C(C)(C)C)CC2)CC1. The predicted octanol–water partition coefficient (Wildman–Crippen LogP) is 2.95. The van der Waals surface area contributed by atoms with E-state index >= 15 is 0 Å². The van der Waals surface area contributed by atoms with Gasteiger partial charge in [-0.3, -0.25) is 4.79 Å². The van der Waals surface area contributed by atoms with Gasteiger partial charge in [0.2, 0.25) is 5.91 Å². The van der Waals surface area contributed by atoms with Gasteiger partial charge in [0.1, 0.15) is 0 Å². The number of rotatable bonds is 3. The Kier molecular flexibility index (Phi) is 5.89. The number of carbonyl (C=O) groups excluding carboxylic acids is 1. The zero-order valence-corrected chi connectivity index (χ0v) is 14.8. The zero-order chi connectivity index (χ0) is 16.3. The number of nitrogens with zero attached hydrogens (tertiary/aromatic N) is 1. The Morgan fingerprint density at radius 2 is 1.55 bits per heavy atom. The first-order valence-electron chi connectivity index (χ1n) is 8.97. The Labute approximate surface area is 135 Å². The first kappa shape index (κ1) is 17.7. The number of hydrogen-bond acceptors (Lipinski definition) is 3. The third-order valence-corrected chi connectivity index (χ3v) is 5.30. The molecule has 128 valence electrons. The standard InChI is InChI=1S/C18H34N2O2/c1-13-5-7-14(8-6-13)22-15-9-11-20(12-10-15)17(21)16(19)18(2,3)4/h13-16H,5-12,19H2,1-4H3/t13?,14?,16-/m1/s1. The van der Waals surface area contributed by atoms with E-state index in [0.717, 1.165) is 31.8 Å². The Morgan fingerprint density at radius 3 is 2.05 bits per heavy atom. The number of ether oxygens (including phenoxy) is 1. The molecule has 0 aromatic carbocycles. The molecule has 2 N–H and O–H groups in total. The maximum Gasteiger partial charge on any atom is 0.240 e. The van der Waals surface area contributed by atoms with Gasteiger partial charge >= 0.3 is 0 Å². The van der Waals surface area contributed by atoms with Crippen LogP contribution in [-0.2, 0) is 9.53 Å². The smallest absolute Gasteiger partial charge is 0.240 e. The number of piperidine rings is 1. The second-order valence-corrected chi connectivity index (χ2v) is 8.39. The lowest BCUT2D eigenvalue weighted by atomic mass is 9.86. The Hall–Kier alpha value is -0.610. The maximum atomic E-state index is 12.4. The van der Waals surface area contributed by atoms with Crippen molar-refractivity contribution in [3.05, 3.63) is 0 Å². The average molecular weight is 310 g/mol. The van der Waals surface area contributed by atoms with Gasteiger partial charge in [-0.2, -0.15) is 0 Å². The molecule has 1 saturated heterocycles. The number of nitrogens with two attached hydrogens (primary N) is 1. The van der Waals surface area contributed by atoms with Gasteiger partial charge in [0.05, 0.1) is 18.2 Å². The molecule has 4 nitrogen and oxygen atoms in total. The minimum Gasteiger partial charge on any atom is -0.375 e. The first-order valence-corrected chi connectivity index (χ1v) is 8.97. The van der Waals surface area contributed by atoms with Crippen LogP contribution in [0.4, 0.5) is 0 Å². The van der Waals surface area contributed by atoms with Crippen molar-refractivity contribution >= 4 is 5.91 Å². The maximum absolute atomic E-state index is 12.4. The fourth-order valence-electron chi connectivity index (χ4n) is 3.42. The summed E-state index contributed by atoms with van der Waals surface area (Å²) in [4.78, 5) is 14.4. The minimum atomic E-state index is -0.412. The van der Waals surface area contributed by atoms with E-state index < -0.39 is 6.04 Å². The van der Waals surface area contributed by atoms with E-state index in [9.17, 15) is 4.79 Å². The highest BCUT2D eigenvalue weighted by atomic mass is 16.5. The van der Waals surface area contributed by atoms with Crippen molar-refractivity contribution in [2.45, 2.75) is 84.5 Å². The van der Waals surface area contributed by atoms with E-state index in [1.54, 1.807) is 0 Å². The van der Waals surface area contributed by atoms with E-state index in [-0.39, 0.29) is 11.3 Å². The molecule has 0 bridgehead atoms. The number of carbonyl (C=O) groups is 1. The molecular weight excluding hydrogens is 276 g/mol. The molecule has 0 aromatic rings. The number of likely N-dealkylation sites (tertiary alicyclic amines) is 1. The Balaban J connectivity index is 1.75. The molecule has 1 amide bonds. The Bertz CT molecular complexity index is 362. The van der Waals surface area contributed by atoms with Crippen LogP contribution in [-0.4, -0.2) is 42.1 Å². The average Bonchev–Trinajstić information content (AvgIpc) is 2.48. The van der Waals surface area contributed by atoms with Crippen LogP contribution in [0.5, 0.6) is 0 Å². The zero-order valence-electron chi connectivity index (χ0n) is 14.8. The van der Waals surface area contributed by atoms with Crippen LogP contribution in [0.2, 0.25) is 0 Å². The van der Waals surface area contributed by atoms with Crippen LogP contribution in [0.25, 0.3) is 0 Å². The van der Waals surface area contributed by atoms with E-state index in [1.165, 1.54) is 25.7 Å². The summed E-state index contributed by atoms with van der Waals surface area (Å²) in [6, 6.07) is -0.412. The van der Waals surface area contributed by atoms with Gasteiger partial charge in [-0.15, -0.1) is 0 Å². The summed E-state index contributed by atoms with van der Waals surface area (Å²) in [5.74, 6) is 0.954. The van der Waals surface area contributed by atoms with Crippen LogP contribution >= 0.6 is 0 Å². The summed E-state index contributed by atoms with van der Waals surface area (Å²) in [5, 5.41) is 0. The van der Waals surface area contributed by atoms with Gasteiger partial charge in [0.25, 0.3) is 0 Å². The number of amides is 1.